The van der Waals surface area contributed by atoms with E-state index < -0.39 is 36.0 Å². The Morgan fingerprint density at radius 1 is 1.21 bits per heavy atom. The standard InChI is InChI=1S/C25H39N3O6/c1-18(16-26)13-14-21(30)28(24(32)34-25(2,3)4)22-20(29)12-8-9-15-27(22)23(31)33-17-19-10-6-5-7-11-19/h5-7,10-11,18,20,22,29H,8-9,12-17,26H2,1-4H3. The number of hydrogen-bond acceptors (Lipinski definition) is 7. The van der Waals surface area contributed by atoms with Crippen molar-refractivity contribution < 1.29 is 29.0 Å². The Morgan fingerprint density at radius 3 is 2.50 bits per heavy atom. The number of nitrogens with zero attached hydrogens (tertiary/aromatic N) is 2. The van der Waals surface area contributed by atoms with Crippen LogP contribution in [0, 0.1) is 5.92 Å². The zero-order valence-electron chi connectivity index (χ0n) is 20.7. The molecule has 190 valence electrons. The lowest BCUT2D eigenvalue weighted by Crippen LogP contribution is -2.60. The Labute approximate surface area is 202 Å². The van der Waals surface area contributed by atoms with Crippen LogP contribution in [0.3, 0.4) is 0 Å². The van der Waals surface area contributed by atoms with Crippen molar-refractivity contribution in [2.24, 2.45) is 11.7 Å². The third kappa shape index (κ3) is 8.29. The first-order valence-electron chi connectivity index (χ1n) is 11.9. The van der Waals surface area contributed by atoms with Gasteiger partial charge in [-0.2, -0.15) is 0 Å². The molecule has 0 aliphatic carbocycles. The van der Waals surface area contributed by atoms with Crippen LogP contribution in [0.25, 0.3) is 0 Å². The molecule has 0 aromatic heterocycles. The summed E-state index contributed by atoms with van der Waals surface area (Å²) in [4.78, 5) is 41.8. The largest absolute Gasteiger partial charge is 0.444 e. The highest BCUT2D eigenvalue weighted by Gasteiger charge is 2.43. The smallest absolute Gasteiger partial charge is 0.418 e. The first kappa shape index (κ1) is 27.6. The van der Waals surface area contributed by atoms with Crippen molar-refractivity contribution in [3.8, 4) is 0 Å². The van der Waals surface area contributed by atoms with E-state index >= 15 is 0 Å². The molecule has 2 rings (SSSR count). The number of likely N-dealkylation sites (tertiary alicyclic amines) is 1. The van der Waals surface area contributed by atoms with Crippen molar-refractivity contribution in [2.75, 3.05) is 13.1 Å². The number of aliphatic hydroxyl groups excluding tert-OH is 1. The minimum absolute atomic E-state index is 0.0351. The first-order valence-corrected chi connectivity index (χ1v) is 11.9. The predicted octanol–water partition coefficient (Wildman–Crippen LogP) is 3.63. The molecule has 1 aliphatic heterocycles. The van der Waals surface area contributed by atoms with Gasteiger partial charge in [-0.1, -0.05) is 37.3 Å². The molecular weight excluding hydrogens is 438 g/mol. The monoisotopic (exact) mass is 477 g/mol. The summed E-state index contributed by atoms with van der Waals surface area (Å²) in [5.41, 5.74) is 5.62. The van der Waals surface area contributed by atoms with Crippen molar-refractivity contribution >= 4 is 18.1 Å². The lowest BCUT2D eigenvalue weighted by molar-refractivity contribution is -0.140. The normalized spacial score (nSPS) is 19.6. The highest BCUT2D eigenvalue weighted by atomic mass is 16.6. The van der Waals surface area contributed by atoms with E-state index in [4.69, 9.17) is 15.2 Å². The number of rotatable bonds is 7. The summed E-state index contributed by atoms with van der Waals surface area (Å²) in [6.07, 6.45) is -1.87. The van der Waals surface area contributed by atoms with Crippen molar-refractivity contribution in [3.63, 3.8) is 0 Å². The summed E-state index contributed by atoms with van der Waals surface area (Å²) in [5.74, 6) is -0.447. The lowest BCUT2D eigenvalue weighted by atomic mass is 10.0. The average Bonchev–Trinajstić information content (AvgIpc) is 2.97. The molecule has 1 aromatic carbocycles. The van der Waals surface area contributed by atoms with Gasteiger partial charge >= 0.3 is 12.2 Å². The van der Waals surface area contributed by atoms with E-state index in [0.717, 1.165) is 10.5 Å². The third-order valence-electron chi connectivity index (χ3n) is 5.63. The molecule has 3 atom stereocenters. The molecule has 1 aliphatic rings. The number of carbonyl (C=O) groups excluding carboxylic acids is 3. The van der Waals surface area contributed by atoms with E-state index in [1.807, 2.05) is 37.3 Å². The molecule has 1 fully saturated rings. The van der Waals surface area contributed by atoms with Crippen LogP contribution < -0.4 is 5.73 Å². The van der Waals surface area contributed by atoms with Crippen molar-refractivity contribution in [1.29, 1.82) is 0 Å². The molecule has 1 heterocycles. The SMILES string of the molecule is CC(CN)CCC(=O)N(C(=O)OC(C)(C)C)C1C(O)CCCCN1C(=O)OCc1ccccc1. The Hall–Kier alpha value is -2.65. The lowest BCUT2D eigenvalue weighted by Gasteiger charge is -2.39. The van der Waals surface area contributed by atoms with Gasteiger partial charge in [0.2, 0.25) is 5.91 Å². The second-order valence-corrected chi connectivity index (χ2v) is 9.83. The number of hydrogen-bond donors (Lipinski definition) is 2. The summed E-state index contributed by atoms with van der Waals surface area (Å²) in [6.45, 7) is 7.68. The number of aliphatic hydroxyl groups is 1. The Bertz CT molecular complexity index is 811. The van der Waals surface area contributed by atoms with Crippen LogP contribution in [0.15, 0.2) is 30.3 Å². The quantitative estimate of drug-likeness (QED) is 0.615. The summed E-state index contributed by atoms with van der Waals surface area (Å²) >= 11 is 0. The number of carbonyl (C=O) groups is 3. The maximum Gasteiger partial charge on any atom is 0.418 e. The predicted molar refractivity (Wildman–Crippen MR) is 128 cm³/mol. The number of imide groups is 1. The van der Waals surface area contributed by atoms with Crippen molar-refractivity contribution in [1.82, 2.24) is 9.80 Å². The van der Waals surface area contributed by atoms with Crippen LogP contribution in [-0.2, 0) is 20.9 Å². The second kappa shape index (κ2) is 12.7. The molecule has 1 saturated heterocycles. The minimum Gasteiger partial charge on any atom is -0.444 e. The van der Waals surface area contributed by atoms with E-state index in [9.17, 15) is 19.5 Å². The van der Waals surface area contributed by atoms with Crippen molar-refractivity contribution in [2.45, 2.75) is 84.3 Å². The number of nitrogens with two attached hydrogens (primary N) is 1. The highest BCUT2D eigenvalue weighted by molar-refractivity contribution is 5.93. The maximum absolute atomic E-state index is 13.3. The Morgan fingerprint density at radius 2 is 1.88 bits per heavy atom. The molecule has 3 amide bonds. The van der Waals surface area contributed by atoms with Gasteiger partial charge < -0.3 is 20.3 Å². The van der Waals surface area contributed by atoms with Crippen molar-refractivity contribution in [3.05, 3.63) is 35.9 Å². The van der Waals surface area contributed by atoms with Crippen LogP contribution in [0.4, 0.5) is 9.59 Å². The fourth-order valence-corrected chi connectivity index (χ4v) is 3.71. The Kier molecular flexibility index (Phi) is 10.3. The molecule has 0 bridgehead atoms. The van der Waals surface area contributed by atoms with Crippen LogP contribution in [0.5, 0.6) is 0 Å². The van der Waals surface area contributed by atoms with Gasteiger partial charge in [0, 0.05) is 13.0 Å². The van der Waals surface area contributed by atoms with Gasteiger partial charge in [-0.3, -0.25) is 9.69 Å². The third-order valence-corrected chi connectivity index (χ3v) is 5.63. The second-order valence-electron chi connectivity index (χ2n) is 9.83. The van der Waals surface area contributed by atoms with Crippen LogP contribution >= 0.6 is 0 Å². The molecule has 34 heavy (non-hydrogen) atoms. The number of amides is 3. The van der Waals surface area contributed by atoms with Gasteiger partial charge in [0.05, 0.1) is 6.10 Å². The van der Waals surface area contributed by atoms with Gasteiger partial charge in [-0.25, -0.2) is 14.5 Å². The number of benzene rings is 1. The van der Waals surface area contributed by atoms with E-state index in [1.54, 1.807) is 20.8 Å². The molecule has 9 heteroatoms. The summed E-state index contributed by atoms with van der Waals surface area (Å²) in [6, 6.07) is 9.20. The molecule has 3 N–H and O–H groups in total. The van der Waals surface area contributed by atoms with E-state index in [1.165, 1.54) is 4.90 Å². The summed E-state index contributed by atoms with van der Waals surface area (Å²) in [5, 5.41) is 11.0. The van der Waals surface area contributed by atoms with Crippen LogP contribution in [-0.4, -0.2) is 64.0 Å². The molecule has 1 aromatic rings. The van der Waals surface area contributed by atoms with Gasteiger partial charge in [0.15, 0.2) is 0 Å². The zero-order valence-corrected chi connectivity index (χ0v) is 20.7. The van der Waals surface area contributed by atoms with E-state index in [-0.39, 0.29) is 25.5 Å². The highest BCUT2D eigenvalue weighted by Crippen LogP contribution is 2.25. The average molecular weight is 478 g/mol. The fraction of sp³-hybridized carbons (Fsp3) is 0.640. The van der Waals surface area contributed by atoms with E-state index in [2.05, 4.69) is 0 Å². The summed E-state index contributed by atoms with van der Waals surface area (Å²) < 4.78 is 11.0. The van der Waals surface area contributed by atoms with Gasteiger partial charge in [-0.15, -0.1) is 0 Å². The summed E-state index contributed by atoms with van der Waals surface area (Å²) in [7, 11) is 0. The minimum atomic E-state index is -1.22. The maximum atomic E-state index is 13.3. The van der Waals surface area contributed by atoms with Crippen LogP contribution in [0.1, 0.15) is 65.4 Å². The molecule has 9 nitrogen and oxygen atoms in total. The van der Waals surface area contributed by atoms with E-state index in [0.29, 0.717) is 32.2 Å². The molecule has 0 spiro atoms. The fourth-order valence-electron chi connectivity index (χ4n) is 3.71. The van der Waals surface area contributed by atoms with Gasteiger partial charge in [0.25, 0.3) is 0 Å². The van der Waals surface area contributed by atoms with Crippen LogP contribution in [0.2, 0.25) is 0 Å². The Balaban J connectivity index is 2.32. The molecular formula is C25H39N3O6. The topological polar surface area (TPSA) is 122 Å². The zero-order chi connectivity index (χ0) is 25.3. The van der Waals surface area contributed by atoms with Gasteiger partial charge in [0.1, 0.15) is 18.4 Å². The van der Waals surface area contributed by atoms with Gasteiger partial charge in [-0.05, 0) is 64.5 Å². The molecule has 3 unspecified atom stereocenters. The molecule has 0 radical (unpaired) electrons. The number of ether oxygens (including phenoxy) is 2. The molecule has 0 saturated carbocycles. The first-order chi connectivity index (χ1) is 16.0.